The van der Waals surface area contributed by atoms with Crippen LogP contribution in [0.2, 0.25) is 0 Å². The summed E-state index contributed by atoms with van der Waals surface area (Å²) in [6.07, 6.45) is 0. The Balaban J connectivity index is 2.56. The fraction of sp³-hybridized carbons (Fsp3) is 0. The van der Waals surface area contributed by atoms with Gasteiger partial charge >= 0.3 is 11.7 Å². The van der Waals surface area contributed by atoms with Crippen molar-refractivity contribution in [2.24, 2.45) is 0 Å². The third kappa shape index (κ3) is 2.94. The third-order valence-electron chi connectivity index (χ3n) is 2.53. The first-order chi connectivity index (χ1) is 9.90. The Morgan fingerprint density at radius 1 is 1.24 bits per heavy atom. The molecule has 8 heteroatoms. The smallest absolute Gasteiger partial charge is 0.339 e. The average Bonchev–Trinajstić information content (AvgIpc) is 2.41. The van der Waals surface area contributed by atoms with Gasteiger partial charge in [-0.3, -0.25) is 10.1 Å². The molecule has 0 aromatic heterocycles. The summed E-state index contributed by atoms with van der Waals surface area (Å²) >= 11 is 0. The van der Waals surface area contributed by atoms with Gasteiger partial charge in [0.05, 0.1) is 4.92 Å². The number of ether oxygens (including phenoxy) is 1. The molecule has 0 aliphatic heterocycles. The SMILES string of the molecule is O=C(O)c1cccc([N+](=O)[O-])c1Oc1ccc(F)cc1F. The fourth-order valence-electron chi connectivity index (χ4n) is 1.61. The summed E-state index contributed by atoms with van der Waals surface area (Å²) in [5.41, 5.74) is -1.15. The summed E-state index contributed by atoms with van der Waals surface area (Å²) in [6.45, 7) is 0. The maximum atomic E-state index is 13.5. The molecule has 0 bridgehead atoms. The molecule has 0 unspecified atom stereocenters. The zero-order valence-corrected chi connectivity index (χ0v) is 10.2. The van der Waals surface area contributed by atoms with Gasteiger partial charge in [-0.05, 0) is 18.2 Å². The predicted molar refractivity (Wildman–Crippen MR) is 66.5 cm³/mol. The minimum absolute atomic E-state index is 0.507. The topological polar surface area (TPSA) is 89.7 Å². The Bertz CT molecular complexity index is 700. The number of rotatable bonds is 4. The van der Waals surface area contributed by atoms with Crippen molar-refractivity contribution >= 4 is 11.7 Å². The molecule has 0 spiro atoms. The Labute approximate surface area is 116 Å². The van der Waals surface area contributed by atoms with E-state index >= 15 is 0 Å². The average molecular weight is 295 g/mol. The Morgan fingerprint density at radius 2 is 1.95 bits per heavy atom. The number of nitro groups is 1. The summed E-state index contributed by atoms with van der Waals surface area (Å²) in [7, 11) is 0. The molecule has 0 saturated heterocycles. The van der Waals surface area contributed by atoms with E-state index in [9.17, 15) is 23.7 Å². The molecule has 108 valence electrons. The number of para-hydroxylation sites is 1. The number of carbonyl (C=O) groups is 1. The quantitative estimate of drug-likeness (QED) is 0.690. The number of carboxylic acids is 1. The third-order valence-corrected chi connectivity index (χ3v) is 2.53. The van der Waals surface area contributed by atoms with E-state index < -0.39 is 45.3 Å². The summed E-state index contributed by atoms with van der Waals surface area (Å²) in [4.78, 5) is 21.1. The molecule has 0 radical (unpaired) electrons. The molecule has 0 heterocycles. The van der Waals surface area contributed by atoms with Gasteiger partial charge in [0.25, 0.3) is 0 Å². The number of hydrogen-bond acceptors (Lipinski definition) is 4. The van der Waals surface area contributed by atoms with Crippen molar-refractivity contribution in [3.63, 3.8) is 0 Å². The van der Waals surface area contributed by atoms with Crippen molar-refractivity contribution in [2.75, 3.05) is 0 Å². The van der Waals surface area contributed by atoms with Gasteiger partial charge < -0.3 is 9.84 Å². The van der Waals surface area contributed by atoms with Crippen LogP contribution in [0.4, 0.5) is 14.5 Å². The maximum Gasteiger partial charge on any atom is 0.339 e. The molecular weight excluding hydrogens is 288 g/mol. The molecule has 6 nitrogen and oxygen atoms in total. The van der Waals surface area contributed by atoms with Gasteiger partial charge in [0, 0.05) is 12.1 Å². The Morgan fingerprint density at radius 3 is 2.52 bits per heavy atom. The summed E-state index contributed by atoms with van der Waals surface area (Å²) in [6, 6.07) is 5.57. The molecule has 0 aliphatic carbocycles. The number of halogens is 2. The van der Waals surface area contributed by atoms with E-state index in [0.717, 1.165) is 30.3 Å². The molecule has 2 aromatic carbocycles. The monoisotopic (exact) mass is 295 g/mol. The largest absolute Gasteiger partial charge is 0.478 e. The van der Waals surface area contributed by atoms with Gasteiger partial charge in [0.1, 0.15) is 11.4 Å². The molecule has 1 N–H and O–H groups in total. The highest BCUT2D eigenvalue weighted by atomic mass is 19.1. The van der Waals surface area contributed by atoms with Crippen molar-refractivity contribution in [2.45, 2.75) is 0 Å². The van der Waals surface area contributed by atoms with E-state index in [2.05, 4.69) is 0 Å². The van der Waals surface area contributed by atoms with Crippen LogP contribution in [0.5, 0.6) is 11.5 Å². The van der Waals surface area contributed by atoms with Crippen LogP contribution in [0.25, 0.3) is 0 Å². The van der Waals surface area contributed by atoms with E-state index in [1.165, 1.54) is 0 Å². The van der Waals surface area contributed by atoms with E-state index in [0.29, 0.717) is 6.07 Å². The van der Waals surface area contributed by atoms with E-state index in [1.807, 2.05) is 0 Å². The summed E-state index contributed by atoms with van der Waals surface area (Å²) < 4.78 is 31.3. The van der Waals surface area contributed by atoms with Crippen LogP contribution in [0, 0.1) is 21.7 Å². The van der Waals surface area contributed by atoms with E-state index in [4.69, 9.17) is 9.84 Å². The van der Waals surface area contributed by atoms with Crippen molar-refractivity contribution in [1.29, 1.82) is 0 Å². The first kappa shape index (κ1) is 14.4. The highest BCUT2D eigenvalue weighted by molar-refractivity contribution is 5.92. The van der Waals surface area contributed by atoms with Crippen molar-refractivity contribution in [3.05, 3.63) is 63.7 Å². The Kier molecular flexibility index (Phi) is 3.79. The predicted octanol–water partition coefficient (Wildman–Crippen LogP) is 3.36. The molecule has 0 fully saturated rings. The minimum atomic E-state index is -1.48. The zero-order valence-electron chi connectivity index (χ0n) is 10.2. The lowest BCUT2D eigenvalue weighted by molar-refractivity contribution is -0.385. The van der Waals surface area contributed by atoms with Crippen molar-refractivity contribution in [1.82, 2.24) is 0 Å². The van der Waals surface area contributed by atoms with Crippen LogP contribution in [0.15, 0.2) is 36.4 Å². The van der Waals surface area contributed by atoms with Gasteiger partial charge in [-0.15, -0.1) is 0 Å². The van der Waals surface area contributed by atoms with Crippen LogP contribution >= 0.6 is 0 Å². The summed E-state index contributed by atoms with van der Waals surface area (Å²) in [5, 5.41) is 19.9. The van der Waals surface area contributed by atoms with Gasteiger partial charge in [-0.25, -0.2) is 13.6 Å². The standard InChI is InChI=1S/C13H7F2NO5/c14-7-4-5-11(9(15)6-7)21-12-8(13(17)18)2-1-3-10(12)16(19)20/h1-6H,(H,17,18). The van der Waals surface area contributed by atoms with E-state index in [-0.39, 0.29) is 0 Å². The first-order valence-corrected chi connectivity index (χ1v) is 5.53. The van der Waals surface area contributed by atoms with Gasteiger partial charge in [0.15, 0.2) is 11.6 Å². The Hall–Kier alpha value is -3.03. The fourth-order valence-corrected chi connectivity index (χ4v) is 1.61. The van der Waals surface area contributed by atoms with Gasteiger partial charge in [0.2, 0.25) is 5.75 Å². The lowest BCUT2D eigenvalue weighted by atomic mass is 10.1. The number of aromatic carboxylic acids is 1. The van der Waals surface area contributed by atoms with Crippen LogP contribution < -0.4 is 4.74 Å². The molecule has 2 aromatic rings. The number of nitrogens with zero attached hydrogens (tertiary/aromatic N) is 1. The first-order valence-electron chi connectivity index (χ1n) is 5.53. The van der Waals surface area contributed by atoms with Crippen molar-refractivity contribution < 1.29 is 28.3 Å². The number of hydrogen-bond donors (Lipinski definition) is 1. The number of nitro benzene ring substituents is 1. The van der Waals surface area contributed by atoms with Gasteiger partial charge in [-0.1, -0.05) is 6.07 Å². The molecular formula is C13H7F2NO5. The molecule has 2 rings (SSSR count). The second-order valence-electron chi connectivity index (χ2n) is 3.89. The van der Waals surface area contributed by atoms with Crippen LogP contribution in [0.1, 0.15) is 10.4 Å². The lowest BCUT2D eigenvalue weighted by Gasteiger charge is -2.09. The second-order valence-corrected chi connectivity index (χ2v) is 3.89. The lowest BCUT2D eigenvalue weighted by Crippen LogP contribution is -2.03. The number of benzene rings is 2. The van der Waals surface area contributed by atoms with Crippen molar-refractivity contribution in [3.8, 4) is 11.5 Å². The van der Waals surface area contributed by atoms with Crippen LogP contribution in [-0.4, -0.2) is 16.0 Å². The minimum Gasteiger partial charge on any atom is -0.478 e. The molecule has 0 atom stereocenters. The maximum absolute atomic E-state index is 13.5. The van der Waals surface area contributed by atoms with Gasteiger partial charge in [-0.2, -0.15) is 0 Å². The molecule has 0 amide bonds. The molecule has 0 aliphatic rings. The number of carboxylic acid groups (broad SMARTS) is 1. The molecule has 21 heavy (non-hydrogen) atoms. The molecule has 0 saturated carbocycles. The second kappa shape index (κ2) is 5.53. The zero-order chi connectivity index (χ0) is 15.6. The van der Waals surface area contributed by atoms with E-state index in [1.54, 1.807) is 0 Å². The summed E-state index contributed by atoms with van der Waals surface area (Å²) in [5.74, 6) is -4.59. The highest BCUT2D eigenvalue weighted by Crippen LogP contribution is 2.35. The van der Waals surface area contributed by atoms with Crippen LogP contribution in [0.3, 0.4) is 0 Å². The van der Waals surface area contributed by atoms with Crippen LogP contribution in [-0.2, 0) is 0 Å². The highest BCUT2D eigenvalue weighted by Gasteiger charge is 2.24. The normalized spacial score (nSPS) is 10.2.